The first-order chi connectivity index (χ1) is 7.66. The van der Waals surface area contributed by atoms with E-state index in [1.54, 1.807) is 0 Å². The number of benzene rings is 1. The van der Waals surface area contributed by atoms with Gasteiger partial charge in [-0.1, -0.05) is 0 Å². The Morgan fingerprint density at radius 2 is 1.94 bits per heavy atom. The highest BCUT2D eigenvalue weighted by atomic mass is 79.9. The van der Waals surface area contributed by atoms with E-state index >= 15 is 0 Å². The molecule has 17 heavy (non-hydrogen) atoms. The van der Waals surface area contributed by atoms with Crippen LogP contribution in [-0.2, 0) is 9.05 Å². The molecule has 0 aromatic heterocycles. The summed E-state index contributed by atoms with van der Waals surface area (Å²) < 4.78 is 46.8. The van der Waals surface area contributed by atoms with Gasteiger partial charge in [0.1, 0.15) is 9.37 Å². The number of halogens is 4. The molecule has 0 radical (unpaired) electrons. The van der Waals surface area contributed by atoms with Crippen molar-refractivity contribution in [3.63, 3.8) is 0 Å². The summed E-state index contributed by atoms with van der Waals surface area (Å²) in [6.07, 6.45) is -3.12. The molecule has 5 nitrogen and oxygen atoms in total. The van der Waals surface area contributed by atoms with Crippen molar-refractivity contribution in [2.24, 2.45) is 0 Å². The molecule has 94 valence electrons. The zero-order valence-corrected chi connectivity index (χ0v) is 10.9. The summed E-state index contributed by atoms with van der Waals surface area (Å²) in [5.74, 6) is 0. The summed E-state index contributed by atoms with van der Waals surface area (Å²) in [6, 6.07) is 1.43. The molecule has 0 saturated heterocycles. The van der Waals surface area contributed by atoms with Crippen molar-refractivity contribution in [1.29, 1.82) is 0 Å². The summed E-state index contributed by atoms with van der Waals surface area (Å²) in [7, 11) is 0.452. The van der Waals surface area contributed by atoms with Crippen LogP contribution in [0.3, 0.4) is 0 Å². The molecule has 0 bridgehead atoms. The molecule has 1 rings (SSSR count). The minimum atomic E-state index is -4.52. The second kappa shape index (κ2) is 4.83. The van der Waals surface area contributed by atoms with Crippen molar-refractivity contribution in [2.45, 2.75) is 11.3 Å². The van der Waals surface area contributed by atoms with Gasteiger partial charge in [-0.15, -0.1) is 0 Å². The number of rotatable bonds is 3. The van der Waals surface area contributed by atoms with Crippen LogP contribution < -0.4 is 0 Å². The Kier molecular flexibility index (Phi) is 4.05. The molecule has 0 fully saturated rings. The van der Waals surface area contributed by atoms with E-state index in [4.69, 9.17) is 10.7 Å². The molecule has 0 saturated carbocycles. The monoisotopic (exact) mass is 349 g/mol. The third kappa shape index (κ3) is 2.90. The lowest BCUT2D eigenvalue weighted by molar-refractivity contribution is -0.385. The number of nitro groups is 1. The lowest BCUT2D eigenvalue weighted by Gasteiger charge is -2.08. The van der Waals surface area contributed by atoms with Gasteiger partial charge in [0.25, 0.3) is 21.2 Å². The van der Waals surface area contributed by atoms with Crippen molar-refractivity contribution in [1.82, 2.24) is 0 Å². The lowest BCUT2D eigenvalue weighted by Crippen LogP contribution is -2.03. The first-order valence-corrected chi connectivity index (χ1v) is 6.96. The molecule has 1 aromatic rings. The van der Waals surface area contributed by atoms with Crippen LogP contribution >= 0.6 is 26.6 Å². The van der Waals surface area contributed by atoms with Crippen LogP contribution in [0.2, 0.25) is 0 Å². The Balaban J connectivity index is 3.72. The molecule has 0 aliphatic carbocycles. The average Bonchev–Trinajstić information content (AvgIpc) is 2.14. The SMILES string of the molecule is O=[N+]([O-])c1ccc(C(F)F)c(S(=O)(=O)Cl)c1Br. The van der Waals surface area contributed by atoms with E-state index in [-0.39, 0.29) is 0 Å². The van der Waals surface area contributed by atoms with E-state index in [1.165, 1.54) is 0 Å². The largest absolute Gasteiger partial charge is 0.284 e. The number of hydrogen-bond acceptors (Lipinski definition) is 4. The van der Waals surface area contributed by atoms with E-state index in [0.29, 0.717) is 6.07 Å². The van der Waals surface area contributed by atoms with E-state index in [2.05, 4.69) is 15.9 Å². The van der Waals surface area contributed by atoms with Crippen LogP contribution in [-0.4, -0.2) is 13.3 Å². The van der Waals surface area contributed by atoms with Crippen molar-refractivity contribution < 1.29 is 22.1 Å². The van der Waals surface area contributed by atoms with Crippen molar-refractivity contribution in [3.8, 4) is 0 Å². The molecule has 0 heterocycles. The van der Waals surface area contributed by atoms with E-state index < -0.39 is 41.0 Å². The standard InChI is InChI=1S/C7H3BrClF2NO4S/c8-5-4(12(13)14)2-1-3(7(10)11)6(5)17(9,15)16/h1-2,7H. The van der Waals surface area contributed by atoms with Crippen molar-refractivity contribution in [3.05, 3.63) is 32.3 Å². The lowest BCUT2D eigenvalue weighted by atomic mass is 10.2. The first kappa shape index (κ1) is 14.3. The van der Waals surface area contributed by atoms with Crippen LogP contribution in [0.4, 0.5) is 14.5 Å². The van der Waals surface area contributed by atoms with Gasteiger partial charge < -0.3 is 0 Å². The smallest absolute Gasteiger partial charge is 0.258 e. The van der Waals surface area contributed by atoms with Gasteiger partial charge in [-0.05, 0) is 22.0 Å². The third-order valence-corrected chi connectivity index (χ3v) is 4.24. The highest BCUT2D eigenvalue weighted by Crippen LogP contribution is 2.39. The topological polar surface area (TPSA) is 77.3 Å². The van der Waals surface area contributed by atoms with Gasteiger partial charge in [-0.25, -0.2) is 17.2 Å². The highest BCUT2D eigenvalue weighted by Gasteiger charge is 2.30. The van der Waals surface area contributed by atoms with Crippen LogP contribution in [0.1, 0.15) is 12.0 Å². The molecule has 10 heteroatoms. The zero-order valence-electron chi connectivity index (χ0n) is 7.73. The first-order valence-electron chi connectivity index (χ1n) is 3.86. The molecule has 0 atom stereocenters. The fourth-order valence-corrected chi connectivity index (χ4v) is 3.80. The number of hydrogen-bond donors (Lipinski definition) is 0. The molecule has 0 amide bonds. The normalized spacial score (nSPS) is 11.8. The molecule has 0 N–H and O–H groups in total. The molecular formula is C7H3BrClF2NO4S. The summed E-state index contributed by atoms with van der Waals surface area (Å²) in [5.41, 5.74) is -1.55. The molecule has 0 aliphatic heterocycles. The fourth-order valence-electron chi connectivity index (χ4n) is 1.12. The van der Waals surface area contributed by atoms with Gasteiger partial charge in [-0.2, -0.15) is 0 Å². The van der Waals surface area contributed by atoms with Gasteiger partial charge >= 0.3 is 0 Å². The second-order valence-electron chi connectivity index (χ2n) is 2.81. The van der Waals surface area contributed by atoms with Crippen molar-refractivity contribution >= 4 is 41.4 Å². The van der Waals surface area contributed by atoms with E-state index in [0.717, 1.165) is 6.07 Å². The molecule has 0 unspecified atom stereocenters. The summed E-state index contributed by atoms with van der Waals surface area (Å²) >= 11 is 2.60. The minimum absolute atomic E-state index is 0.588. The average molecular weight is 351 g/mol. The number of nitrogens with zero attached hydrogens (tertiary/aromatic N) is 1. The number of nitro benzene ring substituents is 1. The second-order valence-corrected chi connectivity index (χ2v) is 6.11. The Morgan fingerprint density at radius 1 is 1.41 bits per heavy atom. The Bertz CT molecular complexity index is 577. The van der Waals surface area contributed by atoms with Gasteiger partial charge in [-0.3, -0.25) is 10.1 Å². The zero-order chi connectivity index (χ0) is 13.4. The summed E-state index contributed by atoms with van der Waals surface area (Å²) in [5, 5.41) is 10.5. The maximum Gasteiger partial charge on any atom is 0.284 e. The van der Waals surface area contributed by atoms with Crippen LogP contribution in [0.15, 0.2) is 21.5 Å². The van der Waals surface area contributed by atoms with E-state index in [9.17, 15) is 27.3 Å². The molecular weight excluding hydrogens is 348 g/mol. The van der Waals surface area contributed by atoms with Gasteiger partial charge in [0.05, 0.1) is 4.92 Å². The molecule has 0 spiro atoms. The van der Waals surface area contributed by atoms with Crippen LogP contribution in [0, 0.1) is 10.1 Å². The third-order valence-electron chi connectivity index (χ3n) is 1.78. The minimum Gasteiger partial charge on any atom is -0.258 e. The maximum atomic E-state index is 12.6. The molecule has 0 aliphatic rings. The Morgan fingerprint density at radius 3 is 2.29 bits per heavy atom. The predicted molar refractivity (Wildman–Crippen MR) is 58.8 cm³/mol. The van der Waals surface area contributed by atoms with Crippen LogP contribution in [0.5, 0.6) is 0 Å². The molecule has 1 aromatic carbocycles. The number of alkyl halides is 2. The van der Waals surface area contributed by atoms with Gasteiger partial charge in [0.15, 0.2) is 0 Å². The van der Waals surface area contributed by atoms with Gasteiger partial charge in [0.2, 0.25) is 0 Å². The van der Waals surface area contributed by atoms with E-state index in [1.807, 2.05) is 0 Å². The summed E-state index contributed by atoms with van der Waals surface area (Å²) in [6.45, 7) is 0. The Hall–Kier alpha value is -0.800. The quantitative estimate of drug-likeness (QED) is 0.476. The fraction of sp³-hybridized carbons (Fsp3) is 0.143. The summed E-state index contributed by atoms with van der Waals surface area (Å²) in [4.78, 5) is 8.64. The maximum absolute atomic E-state index is 12.6. The van der Waals surface area contributed by atoms with Crippen molar-refractivity contribution in [2.75, 3.05) is 0 Å². The predicted octanol–water partition coefficient (Wildman–Crippen LogP) is 3.22. The Labute approximate surface area is 107 Å². The van der Waals surface area contributed by atoms with Crippen LogP contribution in [0.25, 0.3) is 0 Å². The van der Waals surface area contributed by atoms with Gasteiger partial charge in [0, 0.05) is 22.3 Å². The highest BCUT2D eigenvalue weighted by molar-refractivity contribution is 9.10.